The Morgan fingerprint density at radius 1 is 1.11 bits per heavy atom. The fourth-order valence-corrected chi connectivity index (χ4v) is 5.43. The molecule has 4 rings (SSSR count). The van der Waals surface area contributed by atoms with Crippen molar-refractivity contribution in [3.63, 3.8) is 0 Å². The van der Waals surface area contributed by atoms with Crippen molar-refractivity contribution in [1.29, 1.82) is 0 Å². The molecule has 3 nitrogen and oxygen atoms in total. The molecule has 0 bridgehead atoms. The molecule has 0 spiro atoms. The fourth-order valence-electron chi connectivity index (χ4n) is 3.81. The number of carboxylic acids is 1. The molecular formula is C22H20ClNO2S. The number of nitrogens with zero attached hydrogens (tertiary/aromatic N) is 1. The number of thioether (sulfide) groups is 1. The van der Waals surface area contributed by atoms with E-state index in [4.69, 9.17) is 11.6 Å². The van der Waals surface area contributed by atoms with Crippen LogP contribution >= 0.6 is 23.4 Å². The number of carboxylic acid groups (broad SMARTS) is 1. The van der Waals surface area contributed by atoms with Gasteiger partial charge in [-0.2, -0.15) is 0 Å². The number of aromatic nitrogens is 1. The van der Waals surface area contributed by atoms with Gasteiger partial charge in [0, 0.05) is 33.6 Å². The molecule has 1 N–H and O–H groups in total. The number of fused-ring (bicyclic) bond motifs is 1. The van der Waals surface area contributed by atoms with Crippen LogP contribution in [0.15, 0.2) is 59.6 Å². The first-order chi connectivity index (χ1) is 13.1. The number of benzene rings is 2. The van der Waals surface area contributed by atoms with Crippen LogP contribution in [-0.4, -0.2) is 21.4 Å². The van der Waals surface area contributed by atoms with E-state index in [1.54, 1.807) is 0 Å². The monoisotopic (exact) mass is 397 g/mol. The van der Waals surface area contributed by atoms with E-state index in [1.807, 2.05) is 54.2 Å². The highest BCUT2D eigenvalue weighted by atomic mass is 35.5. The van der Waals surface area contributed by atoms with E-state index in [1.165, 1.54) is 5.03 Å². The summed E-state index contributed by atoms with van der Waals surface area (Å²) in [4.78, 5) is 11.7. The van der Waals surface area contributed by atoms with E-state index in [0.29, 0.717) is 11.1 Å². The topological polar surface area (TPSA) is 42.2 Å². The lowest BCUT2D eigenvalue weighted by Gasteiger charge is -2.15. The van der Waals surface area contributed by atoms with E-state index >= 15 is 0 Å². The van der Waals surface area contributed by atoms with Gasteiger partial charge in [-0.05, 0) is 29.7 Å². The average molecular weight is 398 g/mol. The van der Waals surface area contributed by atoms with Gasteiger partial charge in [-0.3, -0.25) is 4.79 Å². The Balaban J connectivity index is 2.05. The molecule has 2 heterocycles. The second-order valence-electron chi connectivity index (χ2n) is 6.69. The van der Waals surface area contributed by atoms with Gasteiger partial charge in [-0.15, -0.1) is 11.8 Å². The second-order valence-corrected chi connectivity index (χ2v) is 8.13. The molecule has 1 atom stereocenters. The van der Waals surface area contributed by atoms with Gasteiger partial charge < -0.3 is 9.67 Å². The molecule has 0 saturated heterocycles. The van der Waals surface area contributed by atoms with Crippen LogP contribution in [0.25, 0.3) is 22.3 Å². The Morgan fingerprint density at radius 2 is 1.78 bits per heavy atom. The largest absolute Gasteiger partial charge is 0.481 e. The molecule has 1 aliphatic rings. The highest BCUT2D eigenvalue weighted by molar-refractivity contribution is 7.99. The Hall–Kier alpha value is -2.17. The molecule has 2 aromatic carbocycles. The van der Waals surface area contributed by atoms with Gasteiger partial charge in [0.2, 0.25) is 0 Å². The molecule has 0 amide bonds. The number of aliphatic carboxylic acids is 1. The first kappa shape index (κ1) is 18.2. The van der Waals surface area contributed by atoms with Crippen molar-refractivity contribution in [2.75, 3.05) is 5.75 Å². The number of rotatable bonds is 5. The minimum Gasteiger partial charge on any atom is -0.481 e. The summed E-state index contributed by atoms with van der Waals surface area (Å²) in [5.41, 5.74) is 5.16. The van der Waals surface area contributed by atoms with Crippen LogP contribution in [0.2, 0.25) is 5.02 Å². The van der Waals surface area contributed by atoms with Crippen molar-refractivity contribution in [2.45, 2.75) is 30.8 Å². The van der Waals surface area contributed by atoms with Gasteiger partial charge in [0.25, 0.3) is 0 Å². The number of hydrogen-bond acceptors (Lipinski definition) is 2. The standard InChI is InChI=1S/C22H20ClNO2S/c1-2-17-13-27-22-21(14-6-4-3-5-7-14)20(15-8-10-16(23)11-9-15)18(24(17)22)12-19(25)26/h3-11,17H,2,12-13H2,1H3,(H,25,26)/t17-/m1/s1. The summed E-state index contributed by atoms with van der Waals surface area (Å²) < 4.78 is 2.27. The molecule has 1 aromatic heterocycles. The highest BCUT2D eigenvalue weighted by Crippen LogP contribution is 2.50. The van der Waals surface area contributed by atoms with Gasteiger partial charge in [0.1, 0.15) is 0 Å². The van der Waals surface area contributed by atoms with Crippen LogP contribution in [0.5, 0.6) is 0 Å². The van der Waals surface area contributed by atoms with Crippen molar-refractivity contribution in [2.24, 2.45) is 0 Å². The Kier molecular flexibility index (Phi) is 5.02. The number of hydrogen-bond donors (Lipinski definition) is 1. The van der Waals surface area contributed by atoms with E-state index in [9.17, 15) is 9.90 Å². The minimum atomic E-state index is -0.808. The molecular weight excluding hydrogens is 378 g/mol. The summed E-state index contributed by atoms with van der Waals surface area (Å²) in [6.45, 7) is 2.16. The molecule has 3 aromatic rings. The van der Waals surface area contributed by atoms with Crippen molar-refractivity contribution >= 4 is 29.3 Å². The van der Waals surface area contributed by atoms with Gasteiger partial charge >= 0.3 is 5.97 Å². The van der Waals surface area contributed by atoms with Gasteiger partial charge in [-0.25, -0.2) is 0 Å². The maximum absolute atomic E-state index is 11.7. The maximum Gasteiger partial charge on any atom is 0.309 e. The molecule has 0 aliphatic carbocycles. The maximum atomic E-state index is 11.7. The van der Waals surface area contributed by atoms with Crippen LogP contribution < -0.4 is 0 Å². The first-order valence-electron chi connectivity index (χ1n) is 9.03. The van der Waals surface area contributed by atoms with Crippen molar-refractivity contribution in [3.05, 3.63) is 65.3 Å². The fraction of sp³-hybridized carbons (Fsp3) is 0.227. The second kappa shape index (κ2) is 7.45. The van der Waals surface area contributed by atoms with Crippen LogP contribution in [0.4, 0.5) is 0 Å². The zero-order valence-corrected chi connectivity index (χ0v) is 16.6. The Morgan fingerprint density at radius 3 is 2.41 bits per heavy atom. The molecule has 0 saturated carbocycles. The zero-order valence-electron chi connectivity index (χ0n) is 15.0. The van der Waals surface area contributed by atoms with E-state index in [-0.39, 0.29) is 6.42 Å². The average Bonchev–Trinajstić information content (AvgIpc) is 3.21. The summed E-state index contributed by atoms with van der Waals surface area (Å²) >= 11 is 7.92. The third kappa shape index (κ3) is 3.28. The lowest BCUT2D eigenvalue weighted by Crippen LogP contribution is -2.13. The SMILES string of the molecule is CC[C@@H]1CSc2c(-c3ccccc3)c(-c3ccc(Cl)cc3)c(CC(=O)O)n21. The molecule has 138 valence electrons. The normalized spacial score (nSPS) is 15.7. The van der Waals surface area contributed by atoms with Crippen molar-refractivity contribution in [1.82, 2.24) is 4.57 Å². The third-order valence-electron chi connectivity index (χ3n) is 5.02. The smallest absolute Gasteiger partial charge is 0.309 e. The quantitative estimate of drug-likeness (QED) is 0.560. The lowest BCUT2D eigenvalue weighted by molar-refractivity contribution is -0.136. The van der Waals surface area contributed by atoms with Crippen LogP contribution in [-0.2, 0) is 11.2 Å². The van der Waals surface area contributed by atoms with Gasteiger partial charge in [0.15, 0.2) is 0 Å². The molecule has 0 fully saturated rings. The van der Waals surface area contributed by atoms with Crippen LogP contribution in [0.3, 0.4) is 0 Å². The Bertz CT molecular complexity index is 980. The zero-order chi connectivity index (χ0) is 19.0. The summed E-state index contributed by atoms with van der Waals surface area (Å²) in [5, 5.41) is 11.5. The first-order valence-corrected chi connectivity index (χ1v) is 10.4. The minimum absolute atomic E-state index is 0.00878. The number of halogens is 1. The van der Waals surface area contributed by atoms with Crippen LogP contribution in [0.1, 0.15) is 25.1 Å². The van der Waals surface area contributed by atoms with E-state index in [2.05, 4.69) is 23.6 Å². The van der Waals surface area contributed by atoms with Crippen LogP contribution in [0, 0.1) is 0 Å². The lowest BCUT2D eigenvalue weighted by atomic mass is 9.95. The van der Waals surface area contributed by atoms with Gasteiger partial charge in [0.05, 0.1) is 11.4 Å². The predicted octanol–water partition coefficient (Wildman–Crippen LogP) is 6.16. The highest BCUT2D eigenvalue weighted by Gasteiger charge is 2.33. The van der Waals surface area contributed by atoms with Crippen molar-refractivity contribution in [3.8, 4) is 22.3 Å². The molecule has 5 heteroatoms. The predicted molar refractivity (Wildman–Crippen MR) is 112 cm³/mol. The third-order valence-corrected chi connectivity index (χ3v) is 6.50. The van der Waals surface area contributed by atoms with Gasteiger partial charge in [-0.1, -0.05) is 61.0 Å². The summed E-state index contributed by atoms with van der Waals surface area (Å²) in [6.07, 6.45) is 0.991. The molecule has 1 aliphatic heterocycles. The molecule has 27 heavy (non-hydrogen) atoms. The summed E-state index contributed by atoms with van der Waals surface area (Å²) in [5.74, 6) is 0.177. The molecule has 0 radical (unpaired) electrons. The van der Waals surface area contributed by atoms with E-state index < -0.39 is 5.97 Å². The number of carbonyl (C=O) groups is 1. The van der Waals surface area contributed by atoms with Crippen molar-refractivity contribution < 1.29 is 9.90 Å². The summed E-state index contributed by atoms with van der Waals surface area (Å²) in [7, 11) is 0. The van der Waals surface area contributed by atoms with E-state index in [0.717, 1.165) is 40.1 Å². The Labute approximate surface area is 168 Å². The summed E-state index contributed by atoms with van der Waals surface area (Å²) in [6, 6.07) is 18.3. The molecule has 0 unspecified atom stereocenters.